The van der Waals surface area contributed by atoms with E-state index in [1.165, 1.54) is 83.2 Å². The number of hydrogen-bond acceptors (Lipinski definition) is 5. The third-order valence-corrected chi connectivity index (χ3v) is 5.64. The van der Waals surface area contributed by atoms with Gasteiger partial charge in [0.15, 0.2) is 0 Å². The maximum absolute atomic E-state index is 12.1. The van der Waals surface area contributed by atoms with Crippen molar-refractivity contribution in [3.8, 4) is 0 Å². The Hall–Kier alpha value is -2.77. The molecule has 0 fully saturated rings. The lowest BCUT2D eigenvalue weighted by atomic mass is 10.0. The first-order valence-corrected chi connectivity index (χ1v) is 12.4. The number of benzene rings is 1. The monoisotopic (exact) mass is 461 g/mol. The number of rotatable bonds is 19. The summed E-state index contributed by atoms with van der Waals surface area (Å²) in [6, 6.07) is 2.90. The Morgan fingerprint density at radius 2 is 1.18 bits per heavy atom. The van der Waals surface area contributed by atoms with Crippen LogP contribution in [-0.2, 0) is 0 Å². The third-order valence-electron chi connectivity index (χ3n) is 5.64. The number of nitro groups is 2. The Bertz CT molecular complexity index is 732. The van der Waals surface area contributed by atoms with E-state index in [2.05, 4.69) is 12.2 Å². The van der Waals surface area contributed by atoms with Crippen LogP contribution in [0.5, 0.6) is 0 Å². The highest BCUT2D eigenvalue weighted by Crippen LogP contribution is 2.22. The van der Waals surface area contributed by atoms with Gasteiger partial charge in [0.1, 0.15) is 0 Å². The summed E-state index contributed by atoms with van der Waals surface area (Å²) >= 11 is 0. The molecule has 1 N–H and O–H groups in total. The molecule has 0 atom stereocenters. The van der Waals surface area contributed by atoms with Gasteiger partial charge in [0.25, 0.3) is 17.3 Å². The molecule has 0 saturated carbocycles. The molecule has 0 bridgehead atoms. The van der Waals surface area contributed by atoms with Gasteiger partial charge in [0, 0.05) is 18.3 Å². The van der Waals surface area contributed by atoms with E-state index >= 15 is 0 Å². The minimum Gasteiger partial charge on any atom is -0.329 e. The molecule has 33 heavy (non-hydrogen) atoms. The number of hydrogen-bond donors (Lipinski definition) is 1. The van der Waals surface area contributed by atoms with Gasteiger partial charge in [-0.3, -0.25) is 25.0 Å². The average molecular weight is 462 g/mol. The number of allylic oxidation sites excluding steroid dienone is 1. The van der Waals surface area contributed by atoms with Crippen LogP contribution in [0.25, 0.3) is 0 Å². The van der Waals surface area contributed by atoms with Crippen molar-refractivity contribution in [2.75, 3.05) is 0 Å². The van der Waals surface area contributed by atoms with Crippen molar-refractivity contribution in [1.82, 2.24) is 5.32 Å². The van der Waals surface area contributed by atoms with Gasteiger partial charge in [-0.2, -0.15) is 0 Å². The van der Waals surface area contributed by atoms with Crippen molar-refractivity contribution >= 4 is 17.3 Å². The van der Waals surface area contributed by atoms with Gasteiger partial charge in [0.2, 0.25) is 0 Å². The molecule has 8 heteroatoms. The van der Waals surface area contributed by atoms with E-state index < -0.39 is 27.1 Å². The van der Waals surface area contributed by atoms with Crippen molar-refractivity contribution in [2.24, 2.45) is 0 Å². The van der Waals surface area contributed by atoms with Crippen LogP contribution in [0, 0.1) is 20.2 Å². The lowest BCUT2D eigenvalue weighted by molar-refractivity contribution is -0.394. The van der Waals surface area contributed by atoms with Gasteiger partial charge >= 0.3 is 0 Å². The van der Waals surface area contributed by atoms with E-state index in [1.54, 1.807) is 0 Å². The van der Waals surface area contributed by atoms with Crippen LogP contribution in [-0.4, -0.2) is 15.8 Å². The summed E-state index contributed by atoms with van der Waals surface area (Å²) in [5.74, 6) is -0.612. The Kier molecular flexibility index (Phi) is 15.2. The number of non-ortho nitro benzene ring substituents is 2. The zero-order valence-electron chi connectivity index (χ0n) is 19.9. The predicted octanol–water partition coefficient (Wildman–Crippen LogP) is 7.62. The fraction of sp³-hybridized carbons (Fsp3) is 0.640. The molecular weight excluding hydrogens is 422 g/mol. The van der Waals surface area contributed by atoms with Crippen LogP contribution >= 0.6 is 0 Å². The minimum atomic E-state index is -0.755. The zero-order valence-corrected chi connectivity index (χ0v) is 19.9. The van der Waals surface area contributed by atoms with E-state index in [9.17, 15) is 25.0 Å². The summed E-state index contributed by atoms with van der Waals surface area (Å²) in [6.07, 6.45) is 22.4. The smallest absolute Gasteiger partial charge is 0.277 e. The molecule has 0 saturated heterocycles. The molecule has 1 aromatic rings. The number of nitrogens with zero attached hydrogens (tertiary/aromatic N) is 2. The Balaban J connectivity index is 2.10. The lowest BCUT2D eigenvalue weighted by Crippen LogP contribution is -2.17. The third kappa shape index (κ3) is 13.4. The molecule has 0 heterocycles. The average Bonchev–Trinajstić information content (AvgIpc) is 2.80. The molecule has 0 radical (unpaired) electrons. The van der Waals surface area contributed by atoms with E-state index in [4.69, 9.17) is 0 Å². The first kappa shape index (κ1) is 28.3. The van der Waals surface area contributed by atoms with Crippen molar-refractivity contribution in [2.45, 2.75) is 103 Å². The second-order valence-electron chi connectivity index (χ2n) is 8.51. The van der Waals surface area contributed by atoms with Gasteiger partial charge in [-0.05, 0) is 12.8 Å². The summed E-state index contributed by atoms with van der Waals surface area (Å²) in [5.41, 5.74) is -1.08. The van der Waals surface area contributed by atoms with E-state index in [1.807, 2.05) is 6.08 Å². The SMILES string of the molecule is CCCCCCCCCCCCCCCCC=CNC(=O)c1cc([N+](=O)[O-])cc([N+](=O)[O-])c1. The number of carbonyl (C=O) groups is 1. The van der Waals surface area contributed by atoms with E-state index in [0.29, 0.717) is 0 Å². The van der Waals surface area contributed by atoms with Gasteiger partial charge in [-0.25, -0.2) is 0 Å². The van der Waals surface area contributed by atoms with Crippen LogP contribution < -0.4 is 5.32 Å². The molecule has 0 unspecified atom stereocenters. The lowest BCUT2D eigenvalue weighted by Gasteiger charge is -2.03. The number of nitrogens with one attached hydrogen (secondary N) is 1. The molecule has 1 aromatic carbocycles. The normalized spacial score (nSPS) is 11.1. The maximum atomic E-state index is 12.1. The topological polar surface area (TPSA) is 115 Å². The molecule has 184 valence electrons. The standard InChI is InChI=1S/C25H39N3O5/c1-2-3-4-5-6-7-8-9-10-11-12-13-14-15-16-17-18-26-25(29)22-19-23(27(30)31)21-24(20-22)28(32)33/h17-21H,2-16H2,1H3,(H,26,29). The Morgan fingerprint density at radius 1 is 0.758 bits per heavy atom. The number of unbranched alkanes of at least 4 members (excludes halogenated alkanes) is 14. The zero-order chi connectivity index (χ0) is 24.3. The van der Waals surface area contributed by atoms with Crippen molar-refractivity contribution in [3.63, 3.8) is 0 Å². The van der Waals surface area contributed by atoms with Gasteiger partial charge in [-0.1, -0.05) is 96.5 Å². The van der Waals surface area contributed by atoms with Crippen molar-refractivity contribution < 1.29 is 14.6 Å². The second kappa shape index (κ2) is 17.7. The second-order valence-corrected chi connectivity index (χ2v) is 8.51. The number of carbonyl (C=O) groups excluding carboxylic acids is 1. The van der Waals surface area contributed by atoms with E-state index in [-0.39, 0.29) is 5.56 Å². The molecule has 0 aliphatic carbocycles. The summed E-state index contributed by atoms with van der Waals surface area (Å²) in [7, 11) is 0. The quantitative estimate of drug-likeness (QED) is 0.129. The largest absolute Gasteiger partial charge is 0.329 e. The van der Waals surface area contributed by atoms with E-state index in [0.717, 1.165) is 37.5 Å². The molecule has 0 aromatic heterocycles. The van der Waals surface area contributed by atoms with Crippen molar-refractivity contribution in [1.29, 1.82) is 0 Å². The molecule has 0 spiro atoms. The van der Waals surface area contributed by atoms with Crippen LogP contribution in [0.1, 0.15) is 114 Å². The molecule has 1 amide bonds. The number of amides is 1. The molecule has 8 nitrogen and oxygen atoms in total. The van der Waals surface area contributed by atoms with Crippen LogP contribution in [0.3, 0.4) is 0 Å². The molecule has 0 aliphatic heterocycles. The maximum Gasteiger partial charge on any atom is 0.277 e. The van der Waals surface area contributed by atoms with Gasteiger partial charge in [-0.15, -0.1) is 0 Å². The first-order valence-electron chi connectivity index (χ1n) is 12.4. The summed E-state index contributed by atoms with van der Waals surface area (Å²) in [4.78, 5) is 32.5. The summed E-state index contributed by atoms with van der Waals surface area (Å²) < 4.78 is 0. The highest BCUT2D eigenvalue weighted by molar-refractivity contribution is 5.96. The summed E-state index contributed by atoms with van der Waals surface area (Å²) in [5, 5.41) is 24.3. The highest BCUT2D eigenvalue weighted by atomic mass is 16.6. The summed E-state index contributed by atoms with van der Waals surface area (Å²) in [6.45, 7) is 2.25. The molecular formula is C25H39N3O5. The fourth-order valence-corrected chi connectivity index (χ4v) is 3.70. The molecule has 0 aliphatic rings. The van der Waals surface area contributed by atoms with Crippen molar-refractivity contribution in [3.05, 3.63) is 56.3 Å². The van der Waals surface area contributed by atoms with Crippen LogP contribution in [0.15, 0.2) is 30.5 Å². The number of nitro benzene ring substituents is 2. The molecule has 1 rings (SSSR count). The Morgan fingerprint density at radius 3 is 1.61 bits per heavy atom. The Labute approximate surface area is 197 Å². The van der Waals surface area contributed by atoms with Crippen LogP contribution in [0.2, 0.25) is 0 Å². The fourth-order valence-electron chi connectivity index (χ4n) is 3.70. The minimum absolute atomic E-state index is 0.114. The van der Waals surface area contributed by atoms with Gasteiger partial charge in [0.05, 0.1) is 21.5 Å². The highest BCUT2D eigenvalue weighted by Gasteiger charge is 2.19. The van der Waals surface area contributed by atoms with Crippen LogP contribution in [0.4, 0.5) is 11.4 Å². The first-order chi connectivity index (χ1) is 16.0. The van der Waals surface area contributed by atoms with Gasteiger partial charge < -0.3 is 5.32 Å². The predicted molar refractivity (Wildman–Crippen MR) is 131 cm³/mol.